The van der Waals surface area contributed by atoms with E-state index in [4.69, 9.17) is 0 Å². The number of thiophene rings is 1. The Morgan fingerprint density at radius 3 is 2.45 bits per heavy atom. The standard InChI is InChI=1S/C18H31NS/c1-17(2,3)14-9-6-7-10-15(14)19-13-18(4,5)16-11-8-12-20-16/h8,11-12,14-15,19H,6-7,9-10,13H2,1-5H3. The molecule has 1 aromatic heterocycles. The van der Waals surface area contributed by atoms with E-state index < -0.39 is 0 Å². The van der Waals surface area contributed by atoms with Crippen LogP contribution in [0.2, 0.25) is 0 Å². The molecule has 1 aliphatic carbocycles. The van der Waals surface area contributed by atoms with Gasteiger partial charge in [0, 0.05) is 22.9 Å². The van der Waals surface area contributed by atoms with Gasteiger partial charge in [-0.15, -0.1) is 11.3 Å². The van der Waals surface area contributed by atoms with Crippen molar-refractivity contribution in [1.29, 1.82) is 0 Å². The third-order valence-corrected chi connectivity index (χ3v) is 6.11. The third-order valence-electron chi connectivity index (χ3n) is 4.87. The molecule has 1 fully saturated rings. The maximum atomic E-state index is 3.91. The monoisotopic (exact) mass is 293 g/mol. The Balaban J connectivity index is 1.98. The van der Waals surface area contributed by atoms with Gasteiger partial charge in [0.1, 0.15) is 0 Å². The smallest absolute Gasteiger partial charge is 0.0115 e. The first-order valence-electron chi connectivity index (χ1n) is 8.08. The lowest BCUT2D eigenvalue weighted by atomic mass is 9.69. The quantitative estimate of drug-likeness (QED) is 0.802. The van der Waals surface area contributed by atoms with Crippen LogP contribution < -0.4 is 5.32 Å². The molecule has 1 saturated carbocycles. The number of rotatable bonds is 4. The van der Waals surface area contributed by atoms with Crippen LogP contribution in [0.4, 0.5) is 0 Å². The van der Waals surface area contributed by atoms with Gasteiger partial charge in [-0.25, -0.2) is 0 Å². The number of hydrogen-bond acceptors (Lipinski definition) is 2. The summed E-state index contributed by atoms with van der Waals surface area (Å²) in [7, 11) is 0. The molecule has 0 amide bonds. The van der Waals surface area contributed by atoms with Crippen LogP contribution in [0.15, 0.2) is 17.5 Å². The van der Waals surface area contributed by atoms with Crippen molar-refractivity contribution in [3.8, 4) is 0 Å². The summed E-state index contributed by atoms with van der Waals surface area (Å²) in [5.41, 5.74) is 0.666. The van der Waals surface area contributed by atoms with Gasteiger partial charge < -0.3 is 5.32 Å². The molecule has 2 unspecified atom stereocenters. The lowest BCUT2D eigenvalue weighted by Crippen LogP contribution is -2.47. The zero-order chi connectivity index (χ0) is 14.8. The Labute approximate surface area is 129 Å². The molecule has 2 heteroatoms. The number of hydrogen-bond donors (Lipinski definition) is 1. The fraction of sp³-hybridized carbons (Fsp3) is 0.778. The Hall–Kier alpha value is -0.340. The van der Waals surface area contributed by atoms with E-state index in [0.29, 0.717) is 11.5 Å². The summed E-state index contributed by atoms with van der Waals surface area (Å²) >= 11 is 1.88. The average Bonchev–Trinajstić information content (AvgIpc) is 2.90. The van der Waals surface area contributed by atoms with Gasteiger partial charge >= 0.3 is 0 Å². The fourth-order valence-electron chi connectivity index (χ4n) is 3.55. The second-order valence-electron chi connectivity index (χ2n) is 8.11. The minimum atomic E-state index is 0.244. The lowest BCUT2D eigenvalue weighted by molar-refractivity contribution is 0.127. The van der Waals surface area contributed by atoms with E-state index in [0.717, 1.165) is 12.5 Å². The molecule has 1 aromatic rings. The molecular formula is C18H31NS. The lowest BCUT2D eigenvalue weighted by Gasteiger charge is -2.42. The summed E-state index contributed by atoms with van der Waals surface area (Å²) in [5, 5.41) is 6.10. The van der Waals surface area contributed by atoms with Crippen molar-refractivity contribution < 1.29 is 0 Å². The Kier molecular flexibility index (Phi) is 4.96. The van der Waals surface area contributed by atoms with Crippen LogP contribution in [0.5, 0.6) is 0 Å². The maximum Gasteiger partial charge on any atom is 0.0115 e. The summed E-state index contributed by atoms with van der Waals surface area (Å²) in [6, 6.07) is 5.14. The largest absolute Gasteiger partial charge is 0.313 e. The van der Waals surface area contributed by atoms with Crippen molar-refractivity contribution in [1.82, 2.24) is 5.32 Å². The SMILES string of the molecule is CC(C)(CNC1CCCCC1C(C)(C)C)c1cccs1. The van der Waals surface area contributed by atoms with Crippen molar-refractivity contribution in [2.24, 2.45) is 11.3 Å². The highest BCUT2D eigenvalue weighted by Crippen LogP contribution is 2.38. The highest BCUT2D eigenvalue weighted by molar-refractivity contribution is 7.10. The first kappa shape index (κ1) is 16.0. The predicted molar refractivity (Wildman–Crippen MR) is 90.5 cm³/mol. The fourth-order valence-corrected chi connectivity index (χ4v) is 4.40. The average molecular weight is 294 g/mol. The molecule has 1 N–H and O–H groups in total. The first-order chi connectivity index (χ1) is 9.31. The summed E-state index contributed by atoms with van der Waals surface area (Å²) in [6.07, 6.45) is 5.54. The molecule has 20 heavy (non-hydrogen) atoms. The normalized spacial score (nSPS) is 24.9. The molecule has 0 spiro atoms. The summed E-state index contributed by atoms with van der Waals surface area (Å²) in [4.78, 5) is 1.49. The molecule has 0 radical (unpaired) electrons. The summed E-state index contributed by atoms with van der Waals surface area (Å²) < 4.78 is 0. The minimum Gasteiger partial charge on any atom is -0.313 e. The molecule has 1 nitrogen and oxygen atoms in total. The highest BCUT2D eigenvalue weighted by Gasteiger charge is 2.35. The van der Waals surface area contributed by atoms with Gasteiger partial charge in [-0.2, -0.15) is 0 Å². The van der Waals surface area contributed by atoms with Gasteiger partial charge in [0.05, 0.1) is 0 Å². The van der Waals surface area contributed by atoms with Crippen LogP contribution in [0.25, 0.3) is 0 Å². The van der Waals surface area contributed by atoms with E-state index in [9.17, 15) is 0 Å². The van der Waals surface area contributed by atoms with Gasteiger partial charge in [-0.1, -0.05) is 53.5 Å². The molecule has 114 valence electrons. The first-order valence-corrected chi connectivity index (χ1v) is 8.96. The highest BCUT2D eigenvalue weighted by atomic mass is 32.1. The molecular weight excluding hydrogens is 262 g/mol. The Morgan fingerprint density at radius 2 is 1.85 bits per heavy atom. The van der Waals surface area contributed by atoms with Crippen LogP contribution in [0.1, 0.15) is 65.2 Å². The van der Waals surface area contributed by atoms with Gasteiger partial charge in [-0.3, -0.25) is 0 Å². The van der Waals surface area contributed by atoms with Crippen molar-refractivity contribution in [3.63, 3.8) is 0 Å². The molecule has 0 aromatic carbocycles. The second kappa shape index (κ2) is 6.19. The van der Waals surface area contributed by atoms with Crippen molar-refractivity contribution in [2.45, 2.75) is 71.8 Å². The topological polar surface area (TPSA) is 12.0 Å². The van der Waals surface area contributed by atoms with Gasteiger partial charge in [0.2, 0.25) is 0 Å². The molecule has 0 saturated heterocycles. The second-order valence-corrected chi connectivity index (χ2v) is 9.05. The van der Waals surface area contributed by atoms with E-state index in [2.05, 4.69) is 57.4 Å². The number of nitrogens with one attached hydrogen (secondary N) is 1. The van der Waals surface area contributed by atoms with Gasteiger partial charge in [0.15, 0.2) is 0 Å². The van der Waals surface area contributed by atoms with Crippen LogP contribution in [0.3, 0.4) is 0 Å². The summed E-state index contributed by atoms with van der Waals surface area (Å²) in [5.74, 6) is 0.815. The Morgan fingerprint density at radius 1 is 1.15 bits per heavy atom. The van der Waals surface area contributed by atoms with Crippen LogP contribution >= 0.6 is 11.3 Å². The van der Waals surface area contributed by atoms with E-state index in [1.54, 1.807) is 0 Å². The van der Waals surface area contributed by atoms with E-state index in [1.165, 1.54) is 30.6 Å². The molecule has 0 aliphatic heterocycles. The van der Waals surface area contributed by atoms with E-state index in [-0.39, 0.29) is 5.41 Å². The van der Waals surface area contributed by atoms with Crippen LogP contribution in [-0.4, -0.2) is 12.6 Å². The molecule has 1 heterocycles. The van der Waals surface area contributed by atoms with Crippen molar-refractivity contribution >= 4 is 11.3 Å². The zero-order valence-corrected chi connectivity index (χ0v) is 14.6. The molecule has 2 rings (SSSR count). The van der Waals surface area contributed by atoms with Crippen LogP contribution in [0, 0.1) is 11.3 Å². The summed E-state index contributed by atoms with van der Waals surface area (Å²) in [6.45, 7) is 13.0. The minimum absolute atomic E-state index is 0.244. The predicted octanol–water partition coefficient (Wildman–Crippen LogP) is 5.22. The molecule has 2 atom stereocenters. The molecule has 0 bridgehead atoms. The zero-order valence-electron chi connectivity index (χ0n) is 13.8. The van der Waals surface area contributed by atoms with Crippen molar-refractivity contribution in [3.05, 3.63) is 22.4 Å². The van der Waals surface area contributed by atoms with Crippen LogP contribution in [-0.2, 0) is 5.41 Å². The van der Waals surface area contributed by atoms with Crippen molar-refractivity contribution in [2.75, 3.05) is 6.54 Å². The maximum absolute atomic E-state index is 3.91. The van der Waals surface area contributed by atoms with E-state index in [1.807, 2.05) is 11.3 Å². The van der Waals surface area contributed by atoms with Gasteiger partial charge in [-0.05, 0) is 35.6 Å². The van der Waals surface area contributed by atoms with Gasteiger partial charge in [0.25, 0.3) is 0 Å². The third kappa shape index (κ3) is 3.85. The Bertz CT molecular complexity index is 400. The molecule has 1 aliphatic rings. The van der Waals surface area contributed by atoms with E-state index >= 15 is 0 Å².